The molecule has 0 unspecified atom stereocenters. The fourth-order valence-corrected chi connectivity index (χ4v) is 1.22. The van der Waals surface area contributed by atoms with Crippen LogP contribution in [0, 0.1) is 0 Å². The van der Waals surface area contributed by atoms with Crippen LogP contribution in [0.5, 0.6) is 0 Å². The number of rotatable bonds is 4. The maximum absolute atomic E-state index is 11.4. The van der Waals surface area contributed by atoms with E-state index in [2.05, 4.69) is 5.43 Å². The van der Waals surface area contributed by atoms with E-state index in [0.29, 0.717) is 23.4 Å². The van der Waals surface area contributed by atoms with Crippen molar-refractivity contribution in [1.29, 1.82) is 0 Å². The molecule has 5 heteroatoms. The van der Waals surface area contributed by atoms with E-state index in [-0.39, 0.29) is 6.61 Å². The minimum Gasteiger partial charge on any atom is -0.462 e. The van der Waals surface area contributed by atoms with Gasteiger partial charge in [0, 0.05) is 5.69 Å². The molecule has 0 amide bonds. The molecule has 0 radical (unpaired) electrons. The molecule has 0 saturated carbocycles. The van der Waals surface area contributed by atoms with Crippen molar-refractivity contribution in [2.45, 2.75) is 13.5 Å². The summed E-state index contributed by atoms with van der Waals surface area (Å²) in [5, 5.41) is 9.08. The van der Waals surface area contributed by atoms with Gasteiger partial charge in [0.15, 0.2) is 0 Å². The number of ether oxygens (including phenoxy) is 1. The Morgan fingerprint density at radius 1 is 1.60 bits per heavy atom. The normalized spacial score (nSPS) is 9.80. The van der Waals surface area contributed by atoms with Gasteiger partial charge in [0.2, 0.25) is 0 Å². The largest absolute Gasteiger partial charge is 0.462 e. The molecule has 1 aromatic carbocycles. The second-order valence-electron chi connectivity index (χ2n) is 2.89. The van der Waals surface area contributed by atoms with Crippen molar-refractivity contribution in [3.05, 3.63) is 29.3 Å². The number of aliphatic hydroxyl groups is 1. The molecule has 15 heavy (non-hydrogen) atoms. The highest BCUT2D eigenvalue weighted by molar-refractivity contribution is 5.91. The Hall–Kier alpha value is -1.59. The third-order valence-corrected chi connectivity index (χ3v) is 1.94. The lowest BCUT2D eigenvalue weighted by atomic mass is 10.1. The third kappa shape index (κ3) is 2.68. The van der Waals surface area contributed by atoms with Crippen molar-refractivity contribution in [3.63, 3.8) is 0 Å². The number of aliphatic hydroxyl groups excluding tert-OH is 1. The molecule has 0 aliphatic rings. The Kier molecular flexibility index (Phi) is 4.08. The van der Waals surface area contributed by atoms with E-state index in [1.54, 1.807) is 25.1 Å². The molecule has 0 fully saturated rings. The van der Waals surface area contributed by atoms with Gasteiger partial charge in [-0.1, -0.05) is 0 Å². The van der Waals surface area contributed by atoms with Crippen molar-refractivity contribution < 1.29 is 14.6 Å². The molecular weight excluding hydrogens is 196 g/mol. The fourth-order valence-electron chi connectivity index (χ4n) is 1.22. The van der Waals surface area contributed by atoms with Crippen LogP contribution in [-0.2, 0) is 11.3 Å². The van der Waals surface area contributed by atoms with Gasteiger partial charge in [0.25, 0.3) is 0 Å². The van der Waals surface area contributed by atoms with Crippen LogP contribution in [0.4, 0.5) is 5.69 Å². The molecule has 1 rings (SSSR count). The van der Waals surface area contributed by atoms with Crippen LogP contribution in [0.15, 0.2) is 18.2 Å². The first-order valence-corrected chi connectivity index (χ1v) is 4.60. The summed E-state index contributed by atoms with van der Waals surface area (Å²) in [5.41, 5.74) is 3.92. The first-order chi connectivity index (χ1) is 7.22. The van der Waals surface area contributed by atoms with E-state index in [1.165, 1.54) is 0 Å². The van der Waals surface area contributed by atoms with Crippen LogP contribution >= 0.6 is 0 Å². The smallest absolute Gasteiger partial charge is 0.338 e. The molecule has 0 aromatic heterocycles. The number of hydrazine groups is 1. The molecule has 0 atom stereocenters. The topological polar surface area (TPSA) is 84.6 Å². The molecule has 5 nitrogen and oxygen atoms in total. The molecule has 0 bridgehead atoms. The molecule has 4 N–H and O–H groups in total. The first kappa shape index (κ1) is 11.5. The highest BCUT2D eigenvalue weighted by Crippen LogP contribution is 2.16. The maximum atomic E-state index is 11.4. The lowest BCUT2D eigenvalue weighted by Gasteiger charge is -2.08. The molecule has 0 aliphatic carbocycles. The van der Waals surface area contributed by atoms with Gasteiger partial charge in [-0.3, -0.25) is 5.84 Å². The number of anilines is 1. The van der Waals surface area contributed by atoms with Crippen molar-refractivity contribution in [3.8, 4) is 0 Å². The van der Waals surface area contributed by atoms with Gasteiger partial charge in [-0.25, -0.2) is 4.79 Å². The molecule has 1 aromatic rings. The third-order valence-electron chi connectivity index (χ3n) is 1.94. The second-order valence-corrected chi connectivity index (χ2v) is 2.89. The molecular formula is C10H14N2O3. The zero-order valence-corrected chi connectivity index (χ0v) is 8.49. The van der Waals surface area contributed by atoms with E-state index >= 15 is 0 Å². The molecule has 0 saturated heterocycles. The van der Waals surface area contributed by atoms with Crippen molar-refractivity contribution in [2.24, 2.45) is 5.84 Å². The standard InChI is InChI=1S/C10H14N2O3/c1-2-15-10(14)9-4-3-8(12-11)5-7(9)6-13/h3-5,12-13H,2,6,11H2,1H3. The summed E-state index contributed by atoms with van der Waals surface area (Å²) in [7, 11) is 0. The van der Waals surface area contributed by atoms with Gasteiger partial charge in [-0.05, 0) is 30.7 Å². The maximum Gasteiger partial charge on any atom is 0.338 e. The molecule has 0 aliphatic heterocycles. The fraction of sp³-hybridized carbons (Fsp3) is 0.300. The zero-order valence-electron chi connectivity index (χ0n) is 8.49. The predicted molar refractivity (Wildman–Crippen MR) is 56.1 cm³/mol. The number of carbonyl (C=O) groups excluding carboxylic acids is 1. The second kappa shape index (κ2) is 5.33. The number of carbonyl (C=O) groups is 1. The Labute approximate surface area is 87.8 Å². The SMILES string of the molecule is CCOC(=O)c1ccc(NN)cc1CO. The summed E-state index contributed by atoms with van der Waals surface area (Å²) in [6.07, 6.45) is 0. The highest BCUT2D eigenvalue weighted by Gasteiger charge is 2.11. The molecule has 0 spiro atoms. The number of benzene rings is 1. The highest BCUT2D eigenvalue weighted by atomic mass is 16.5. The van der Waals surface area contributed by atoms with Crippen LogP contribution in [0.1, 0.15) is 22.8 Å². The van der Waals surface area contributed by atoms with Crippen LogP contribution < -0.4 is 11.3 Å². The Balaban J connectivity index is 3.02. The van der Waals surface area contributed by atoms with Crippen molar-refractivity contribution in [1.82, 2.24) is 0 Å². The van der Waals surface area contributed by atoms with E-state index in [1.807, 2.05) is 0 Å². The quantitative estimate of drug-likeness (QED) is 0.386. The number of hydrogen-bond donors (Lipinski definition) is 3. The lowest BCUT2D eigenvalue weighted by molar-refractivity contribution is 0.0523. The first-order valence-electron chi connectivity index (χ1n) is 4.60. The predicted octanol–water partition coefficient (Wildman–Crippen LogP) is 0.641. The van der Waals surface area contributed by atoms with Crippen molar-refractivity contribution in [2.75, 3.05) is 12.0 Å². The van der Waals surface area contributed by atoms with Crippen LogP contribution in [0.2, 0.25) is 0 Å². The number of nitrogens with one attached hydrogen (secondary N) is 1. The van der Waals surface area contributed by atoms with Crippen LogP contribution in [-0.4, -0.2) is 17.7 Å². The number of esters is 1. The van der Waals surface area contributed by atoms with Crippen LogP contribution in [0.3, 0.4) is 0 Å². The van der Waals surface area contributed by atoms with E-state index < -0.39 is 5.97 Å². The summed E-state index contributed by atoms with van der Waals surface area (Å²) in [6.45, 7) is 1.80. The van der Waals surface area contributed by atoms with Gasteiger partial charge in [-0.15, -0.1) is 0 Å². The average molecular weight is 210 g/mol. The van der Waals surface area contributed by atoms with Gasteiger partial charge >= 0.3 is 5.97 Å². The summed E-state index contributed by atoms with van der Waals surface area (Å²) in [5.74, 6) is 4.77. The summed E-state index contributed by atoms with van der Waals surface area (Å²) < 4.78 is 4.84. The number of nitrogens with two attached hydrogens (primary N) is 1. The van der Waals surface area contributed by atoms with Crippen LogP contribution in [0.25, 0.3) is 0 Å². The van der Waals surface area contributed by atoms with E-state index in [9.17, 15) is 4.79 Å². The Morgan fingerprint density at radius 3 is 2.87 bits per heavy atom. The van der Waals surface area contributed by atoms with Gasteiger partial charge in [0.05, 0.1) is 18.8 Å². The summed E-state index contributed by atoms with van der Waals surface area (Å²) in [4.78, 5) is 11.4. The molecule has 82 valence electrons. The molecule has 0 heterocycles. The minimum absolute atomic E-state index is 0.232. The summed E-state index contributed by atoms with van der Waals surface area (Å²) in [6, 6.07) is 4.82. The Bertz CT molecular complexity index is 353. The van der Waals surface area contributed by atoms with E-state index in [4.69, 9.17) is 15.7 Å². The lowest BCUT2D eigenvalue weighted by Crippen LogP contribution is -2.11. The average Bonchev–Trinajstić information content (AvgIpc) is 2.28. The van der Waals surface area contributed by atoms with Gasteiger partial charge < -0.3 is 15.3 Å². The number of hydrogen-bond acceptors (Lipinski definition) is 5. The van der Waals surface area contributed by atoms with Gasteiger partial charge in [-0.2, -0.15) is 0 Å². The van der Waals surface area contributed by atoms with Crippen molar-refractivity contribution >= 4 is 11.7 Å². The Morgan fingerprint density at radius 2 is 2.33 bits per heavy atom. The minimum atomic E-state index is -0.440. The number of nitrogen functional groups attached to an aromatic ring is 1. The monoisotopic (exact) mass is 210 g/mol. The van der Waals surface area contributed by atoms with E-state index in [0.717, 1.165) is 0 Å². The van der Waals surface area contributed by atoms with Gasteiger partial charge in [0.1, 0.15) is 0 Å². The zero-order chi connectivity index (χ0) is 11.3. The summed E-state index contributed by atoms with van der Waals surface area (Å²) >= 11 is 0.